The molecule has 0 saturated carbocycles. The predicted molar refractivity (Wildman–Crippen MR) is 76.0 cm³/mol. The fourth-order valence-corrected chi connectivity index (χ4v) is 2.58. The third-order valence-corrected chi connectivity index (χ3v) is 3.34. The van der Waals surface area contributed by atoms with Crippen LogP contribution in [0.3, 0.4) is 0 Å². The molecule has 0 amide bonds. The van der Waals surface area contributed by atoms with Crippen LogP contribution in [0.2, 0.25) is 0 Å². The lowest BCUT2D eigenvalue weighted by atomic mass is 10.0. The molecule has 0 spiro atoms. The largest absolute Gasteiger partial charge is 0.422 e. The summed E-state index contributed by atoms with van der Waals surface area (Å²) in [5, 5.41) is 1.57. The SMILES string of the molecule is Nc1cc2oc(=O)c3cc(N)cc4c(=O)oc(c1)c2c34. The smallest absolute Gasteiger partial charge is 0.344 e. The molecule has 98 valence electrons. The summed E-state index contributed by atoms with van der Waals surface area (Å²) in [6.07, 6.45) is 0. The van der Waals surface area contributed by atoms with Crippen LogP contribution in [0, 0.1) is 0 Å². The van der Waals surface area contributed by atoms with E-state index in [0.717, 1.165) is 0 Å². The van der Waals surface area contributed by atoms with Crippen LogP contribution in [0.25, 0.3) is 32.7 Å². The van der Waals surface area contributed by atoms with Crippen molar-refractivity contribution in [3.63, 3.8) is 0 Å². The van der Waals surface area contributed by atoms with Crippen LogP contribution in [-0.2, 0) is 0 Å². The number of nitrogens with two attached hydrogens (primary N) is 2. The fourth-order valence-electron chi connectivity index (χ4n) is 2.58. The van der Waals surface area contributed by atoms with Gasteiger partial charge in [0.15, 0.2) is 0 Å². The third kappa shape index (κ3) is 1.22. The molecule has 0 aliphatic rings. The van der Waals surface area contributed by atoms with E-state index in [1.807, 2.05) is 0 Å². The van der Waals surface area contributed by atoms with Crippen LogP contribution < -0.4 is 22.7 Å². The van der Waals surface area contributed by atoms with E-state index in [-0.39, 0.29) is 21.9 Å². The van der Waals surface area contributed by atoms with Gasteiger partial charge in [-0.05, 0) is 12.1 Å². The molecule has 20 heavy (non-hydrogen) atoms. The Balaban J connectivity index is 2.53. The van der Waals surface area contributed by atoms with Crippen molar-refractivity contribution >= 4 is 44.1 Å². The van der Waals surface area contributed by atoms with Gasteiger partial charge in [-0.3, -0.25) is 0 Å². The highest BCUT2D eigenvalue weighted by atomic mass is 16.4. The van der Waals surface area contributed by atoms with Gasteiger partial charge in [-0.25, -0.2) is 9.59 Å². The molecule has 0 aliphatic heterocycles. The number of rotatable bonds is 0. The van der Waals surface area contributed by atoms with E-state index in [2.05, 4.69) is 0 Å². The number of benzene rings is 2. The lowest BCUT2D eigenvalue weighted by Gasteiger charge is -2.08. The van der Waals surface area contributed by atoms with Crippen molar-refractivity contribution in [2.45, 2.75) is 0 Å². The molecule has 0 saturated heterocycles. The summed E-state index contributed by atoms with van der Waals surface area (Å²) < 4.78 is 10.5. The summed E-state index contributed by atoms with van der Waals surface area (Å²) in [5.74, 6) is 0. The number of anilines is 2. The second-order valence-electron chi connectivity index (χ2n) is 4.66. The first kappa shape index (κ1) is 10.9. The van der Waals surface area contributed by atoms with Gasteiger partial charge in [0.25, 0.3) is 0 Å². The highest BCUT2D eigenvalue weighted by Gasteiger charge is 2.18. The minimum Gasteiger partial charge on any atom is -0.422 e. The van der Waals surface area contributed by atoms with E-state index in [0.29, 0.717) is 22.1 Å². The van der Waals surface area contributed by atoms with Crippen molar-refractivity contribution < 1.29 is 8.83 Å². The molecular formula is C14H8N2O4. The minimum absolute atomic E-state index is 0.259. The molecule has 4 aromatic rings. The van der Waals surface area contributed by atoms with Gasteiger partial charge in [0.2, 0.25) is 0 Å². The molecule has 2 aromatic carbocycles. The summed E-state index contributed by atoms with van der Waals surface area (Å²) in [6.45, 7) is 0. The molecule has 0 radical (unpaired) electrons. The standard InChI is InChI=1S/C14H8N2O4/c15-5-1-7-11-8(2-5)14(18)20-10-4-6(16)3-9(12(10)11)19-13(7)17/h1-4H,15-16H2. The molecule has 2 aromatic heterocycles. The van der Waals surface area contributed by atoms with Crippen LogP contribution in [-0.4, -0.2) is 0 Å². The summed E-state index contributed by atoms with van der Waals surface area (Å²) in [7, 11) is 0. The van der Waals surface area contributed by atoms with Crippen molar-refractivity contribution in [1.29, 1.82) is 0 Å². The summed E-state index contributed by atoms with van der Waals surface area (Å²) in [4.78, 5) is 24.1. The highest BCUT2D eigenvalue weighted by molar-refractivity contribution is 6.20. The average Bonchev–Trinajstić information content (AvgIpc) is 2.37. The molecule has 0 unspecified atom stereocenters. The van der Waals surface area contributed by atoms with Gasteiger partial charge in [0.1, 0.15) is 11.2 Å². The van der Waals surface area contributed by atoms with E-state index in [1.54, 1.807) is 0 Å². The molecule has 2 heterocycles. The van der Waals surface area contributed by atoms with Gasteiger partial charge in [-0.2, -0.15) is 0 Å². The zero-order chi connectivity index (χ0) is 14.0. The first-order chi connectivity index (χ1) is 9.54. The van der Waals surface area contributed by atoms with Gasteiger partial charge in [0, 0.05) is 28.9 Å². The topological polar surface area (TPSA) is 112 Å². The Labute approximate surface area is 110 Å². The van der Waals surface area contributed by atoms with Crippen molar-refractivity contribution in [3.8, 4) is 0 Å². The van der Waals surface area contributed by atoms with Gasteiger partial charge in [0.05, 0.1) is 16.2 Å². The predicted octanol–water partition coefficient (Wildman–Crippen LogP) is 1.65. The van der Waals surface area contributed by atoms with E-state index < -0.39 is 11.3 Å². The van der Waals surface area contributed by atoms with E-state index in [1.165, 1.54) is 24.3 Å². The Hall–Kier alpha value is -3.02. The van der Waals surface area contributed by atoms with Crippen molar-refractivity contribution in [2.24, 2.45) is 0 Å². The maximum absolute atomic E-state index is 12.0. The summed E-state index contributed by atoms with van der Waals surface area (Å²) in [5.41, 5.74) is 11.5. The Morgan fingerprint density at radius 1 is 0.700 bits per heavy atom. The van der Waals surface area contributed by atoms with Crippen molar-refractivity contribution in [1.82, 2.24) is 0 Å². The number of hydrogen-bond acceptors (Lipinski definition) is 6. The quantitative estimate of drug-likeness (QED) is 0.285. The molecular weight excluding hydrogens is 260 g/mol. The molecule has 6 nitrogen and oxygen atoms in total. The van der Waals surface area contributed by atoms with Crippen molar-refractivity contribution in [2.75, 3.05) is 11.5 Å². The van der Waals surface area contributed by atoms with E-state index >= 15 is 0 Å². The van der Waals surface area contributed by atoms with Crippen LogP contribution in [0.1, 0.15) is 0 Å². The number of nitrogen functional groups attached to an aromatic ring is 2. The van der Waals surface area contributed by atoms with E-state index in [4.69, 9.17) is 20.3 Å². The molecule has 0 fully saturated rings. The van der Waals surface area contributed by atoms with Gasteiger partial charge < -0.3 is 20.3 Å². The number of hydrogen-bond donors (Lipinski definition) is 2. The Morgan fingerprint density at radius 3 is 1.65 bits per heavy atom. The van der Waals surface area contributed by atoms with Crippen LogP contribution in [0.15, 0.2) is 42.7 Å². The zero-order valence-corrected chi connectivity index (χ0v) is 10.1. The Kier molecular flexibility index (Phi) is 1.79. The highest BCUT2D eigenvalue weighted by Crippen LogP contribution is 2.33. The van der Waals surface area contributed by atoms with Crippen LogP contribution >= 0.6 is 0 Å². The molecule has 0 atom stereocenters. The first-order valence-corrected chi connectivity index (χ1v) is 5.86. The van der Waals surface area contributed by atoms with Gasteiger partial charge >= 0.3 is 11.3 Å². The summed E-state index contributed by atoms with van der Waals surface area (Å²) in [6, 6.07) is 6.03. The minimum atomic E-state index is -0.563. The molecule has 0 aliphatic carbocycles. The molecule has 4 N–H and O–H groups in total. The Morgan fingerprint density at radius 2 is 1.15 bits per heavy atom. The van der Waals surface area contributed by atoms with E-state index in [9.17, 15) is 9.59 Å². The monoisotopic (exact) mass is 268 g/mol. The third-order valence-electron chi connectivity index (χ3n) is 3.34. The first-order valence-electron chi connectivity index (χ1n) is 5.86. The maximum atomic E-state index is 12.0. The van der Waals surface area contributed by atoms with Crippen LogP contribution in [0.5, 0.6) is 0 Å². The molecule has 0 bridgehead atoms. The average molecular weight is 268 g/mol. The zero-order valence-electron chi connectivity index (χ0n) is 10.1. The lowest BCUT2D eigenvalue weighted by Crippen LogP contribution is -2.08. The van der Waals surface area contributed by atoms with Gasteiger partial charge in [-0.1, -0.05) is 0 Å². The normalized spacial score (nSPS) is 11.8. The molecule has 4 rings (SSSR count). The van der Waals surface area contributed by atoms with Gasteiger partial charge in [-0.15, -0.1) is 0 Å². The lowest BCUT2D eigenvalue weighted by molar-refractivity contribution is 0.557. The second kappa shape index (κ2) is 3.30. The fraction of sp³-hybridized carbons (Fsp3) is 0. The summed E-state index contributed by atoms with van der Waals surface area (Å²) >= 11 is 0. The van der Waals surface area contributed by atoms with Crippen LogP contribution in [0.4, 0.5) is 11.4 Å². The Bertz CT molecular complexity index is 1030. The maximum Gasteiger partial charge on any atom is 0.344 e. The molecule has 6 heteroatoms. The second-order valence-corrected chi connectivity index (χ2v) is 4.66. The van der Waals surface area contributed by atoms with Crippen molar-refractivity contribution in [3.05, 3.63) is 45.1 Å².